The molecule has 0 amide bonds. The maximum absolute atomic E-state index is 5.49. The van der Waals surface area contributed by atoms with Gasteiger partial charge in [0.05, 0.1) is 12.8 Å². The van der Waals surface area contributed by atoms with Crippen LogP contribution in [0.15, 0.2) is 41.1 Å². The van der Waals surface area contributed by atoms with Crippen LogP contribution in [0.5, 0.6) is 0 Å². The molecular weight excluding hydrogens is 262 g/mol. The van der Waals surface area contributed by atoms with Crippen LogP contribution in [0.4, 0.5) is 5.82 Å². The second-order valence-corrected chi connectivity index (χ2v) is 6.00. The summed E-state index contributed by atoms with van der Waals surface area (Å²) in [6.45, 7) is 6.00. The highest BCUT2D eigenvalue weighted by Gasteiger charge is 2.30. The van der Waals surface area contributed by atoms with E-state index in [1.54, 1.807) is 6.26 Å². The standard InChI is InChI=1S/C17H23N3O/c1-13(2)19-11-14-7-8-18-17(10-14)20(15-5-6-15)12-16-4-3-9-21-16/h3-4,7-10,13,15,19H,5-6,11-12H2,1-2H3. The molecule has 0 spiro atoms. The van der Waals surface area contributed by atoms with E-state index in [0.29, 0.717) is 12.1 Å². The Morgan fingerprint density at radius 1 is 1.38 bits per heavy atom. The second kappa shape index (κ2) is 6.31. The molecule has 1 aliphatic carbocycles. The first-order chi connectivity index (χ1) is 10.2. The lowest BCUT2D eigenvalue weighted by Crippen LogP contribution is -2.26. The summed E-state index contributed by atoms with van der Waals surface area (Å²) in [5.41, 5.74) is 1.28. The zero-order valence-electron chi connectivity index (χ0n) is 12.7. The van der Waals surface area contributed by atoms with E-state index in [1.165, 1.54) is 18.4 Å². The highest BCUT2D eigenvalue weighted by atomic mass is 16.3. The first-order valence-corrected chi connectivity index (χ1v) is 7.69. The number of furan rings is 1. The van der Waals surface area contributed by atoms with Crippen LogP contribution in [0, 0.1) is 0 Å². The SMILES string of the molecule is CC(C)NCc1ccnc(N(Cc2ccco2)C2CC2)c1. The number of hydrogen-bond acceptors (Lipinski definition) is 4. The molecule has 112 valence electrons. The number of rotatable bonds is 7. The number of aromatic nitrogens is 1. The van der Waals surface area contributed by atoms with Gasteiger partial charge in [-0.15, -0.1) is 0 Å². The van der Waals surface area contributed by atoms with E-state index in [0.717, 1.165) is 24.7 Å². The van der Waals surface area contributed by atoms with Crippen molar-refractivity contribution >= 4 is 5.82 Å². The van der Waals surface area contributed by atoms with E-state index in [1.807, 2.05) is 18.3 Å². The largest absolute Gasteiger partial charge is 0.467 e. The van der Waals surface area contributed by atoms with Crippen molar-refractivity contribution in [3.8, 4) is 0 Å². The predicted octanol–water partition coefficient (Wildman–Crippen LogP) is 3.34. The fourth-order valence-electron chi connectivity index (χ4n) is 2.40. The molecule has 0 bridgehead atoms. The lowest BCUT2D eigenvalue weighted by atomic mass is 10.2. The zero-order chi connectivity index (χ0) is 14.7. The van der Waals surface area contributed by atoms with E-state index in [4.69, 9.17) is 4.42 Å². The molecule has 0 aliphatic heterocycles. The van der Waals surface area contributed by atoms with E-state index in [-0.39, 0.29) is 0 Å². The van der Waals surface area contributed by atoms with Gasteiger partial charge in [-0.25, -0.2) is 4.98 Å². The molecule has 4 nitrogen and oxygen atoms in total. The molecule has 1 aliphatic rings. The number of pyridine rings is 1. The number of nitrogens with zero attached hydrogens (tertiary/aromatic N) is 2. The molecule has 2 heterocycles. The van der Waals surface area contributed by atoms with Crippen molar-refractivity contribution < 1.29 is 4.42 Å². The van der Waals surface area contributed by atoms with Crippen molar-refractivity contribution in [2.24, 2.45) is 0 Å². The van der Waals surface area contributed by atoms with Gasteiger partial charge in [0.1, 0.15) is 11.6 Å². The summed E-state index contributed by atoms with van der Waals surface area (Å²) in [5, 5.41) is 3.45. The monoisotopic (exact) mass is 285 g/mol. The van der Waals surface area contributed by atoms with Gasteiger partial charge < -0.3 is 14.6 Å². The third-order valence-corrected chi connectivity index (χ3v) is 3.71. The minimum Gasteiger partial charge on any atom is -0.467 e. The van der Waals surface area contributed by atoms with Crippen molar-refractivity contribution in [3.63, 3.8) is 0 Å². The Morgan fingerprint density at radius 3 is 2.90 bits per heavy atom. The van der Waals surface area contributed by atoms with Gasteiger partial charge in [-0.05, 0) is 42.7 Å². The molecule has 1 saturated carbocycles. The molecule has 1 fully saturated rings. The number of nitrogens with one attached hydrogen (secondary N) is 1. The van der Waals surface area contributed by atoms with Gasteiger partial charge in [0.15, 0.2) is 0 Å². The molecule has 2 aromatic rings. The van der Waals surface area contributed by atoms with Crippen LogP contribution >= 0.6 is 0 Å². The molecule has 2 aromatic heterocycles. The van der Waals surface area contributed by atoms with Crippen molar-refractivity contribution in [2.45, 2.75) is 51.9 Å². The van der Waals surface area contributed by atoms with Crippen LogP contribution in [-0.4, -0.2) is 17.1 Å². The Bertz CT molecular complexity index is 561. The highest BCUT2D eigenvalue weighted by Crippen LogP contribution is 2.32. The molecule has 0 radical (unpaired) electrons. The lowest BCUT2D eigenvalue weighted by molar-refractivity contribution is 0.500. The van der Waals surface area contributed by atoms with Gasteiger partial charge >= 0.3 is 0 Å². The van der Waals surface area contributed by atoms with E-state index >= 15 is 0 Å². The van der Waals surface area contributed by atoms with E-state index in [2.05, 4.69) is 41.2 Å². The zero-order valence-corrected chi connectivity index (χ0v) is 12.7. The molecule has 0 aromatic carbocycles. The average molecular weight is 285 g/mol. The minimum atomic E-state index is 0.490. The summed E-state index contributed by atoms with van der Waals surface area (Å²) >= 11 is 0. The second-order valence-electron chi connectivity index (χ2n) is 6.00. The number of anilines is 1. The first kappa shape index (κ1) is 14.1. The normalized spacial score (nSPS) is 14.6. The van der Waals surface area contributed by atoms with Gasteiger partial charge in [-0.1, -0.05) is 13.8 Å². The van der Waals surface area contributed by atoms with E-state index < -0.39 is 0 Å². The van der Waals surface area contributed by atoms with Crippen LogP contribution in [-0.2, 0) is 13.1 Å². The Kier molecular flexibility index (Phi) is 4.25. The first-order valence-electron chi connectivity index (χ1n) is 7.69. The summed E-state index contributed by atoms with van der Waals surface area (Å²) in [6.07, 6.45) is 6.13. The van der Waals surface area contributed by atoms with Crippen molar-refractivity contribution in [3.05, 3.63) is 48.0 Å². The van der Waals surface area contributed by atoms with Crippen LogP contribution in [0.3, 0.4) is 0 Å². The van der Waals surface area contributed by atoms with Gasteiger partial charge in [0, 0.05) is 24.8 Å². The lowest BCUT2D eigenvalue weighted by Gasteiger charge is -2.23. The van der Waals surface area contributed by atoms with Gasteiger partial charge in [0.25, 0.3) is 0 Å². The van der Waals surface area contributed by atoms with Gasteiger partial charge in [-0.2, -0.15) is 0 Å². The maximum Gasteiger partial charge on any atom is 0.129 e. The topological polar surface area (TPSA) is 41.3 Å². The summed E-state index contributed by atoms with van der Waals surface area (Å²) in [5.74, 6) is 2.05. The third-order valence-electron chi connectivity index (χ3n) is 3.71. The fraction of sp³-hybridized carbons (Fsp3) is 0.471. The molecule has 0 unspecified atom stereocenters. The molecular formula is C17H23N3O. The molecule has 4 heteroatoms. The Morgan fingerprint density at radius 2 is 2.24 bits per heavy atom. The number of hydrogen-bond donors (Lipinski definition) is 1. The molecule has 21 heavy (non-hydrogen) atoms. The fourth-order valence-corrected chi connectivity index (χ4v) is 2.40. The van der Waals surface area contributed by atoms with Crippen molar-refractivity contribution in [2.75, 3.05) is 4.90 Å². The third kappa shape index (κ3) is 3.85. The van der Waals surface area contributed by atoms with Crippen LogP contribution in [0.2, 0.25) is 0 Å². The maximum atomic E-state index is 5.49. The molecule has 3 rings (SSSR count). The summed E-state index contributed by atoms with van der Waals surface area (Å²) in [4.78, 5) is 6.92. The Hall–Kier alpha value is -1.81. The average Bonchev–Trinajstić information content (AvgIpc) is 3.19. The van der Waals surface area contributed by atoms with Gasteiger partial charge in [0.2, 0.25) is 0 Å². The van der Waals surface area contributed by atoms with Crippen LogP contribution in [0.1, 0.15) is 38.0 Å². The predicted molar refractivity (Wildman–Crippen MR) is 84.1 cm³/mol. The minimum absolute atomic E-state index is 0.490. The van der Waals surface area contributed by atoms with E-state index in [9.17, 15) is 0 Å². The smallest absolute Gasteiger partial charge is 0.129 e. The summed E-state index contributed by atoms with van der Waals surface area (Å²) in [7, 11) is 0. The van der Waals surface area contributed by atoms with Crippen molar-refractivity contribution in [1.29, 1.82) is 0 Å². The van der Waals surface area contributed by atoms with Gasteiger partial charge in [-0.3, -0.25) is 0 Å². The van der Waals surface area contributed by atoms with Crippen LogP contribution in [0.25, 0.3) is 0 Å². The molecule has 1 N–H and O–H groups in total. The Balaban J connectivity index is 1.74. The quantitative estimate of drug-likeness (QED) is 0.847. The molecule has 0 atom stereocenters. The summed E-state index contributed by atoms with van der Waals surface area (Å²) < 4.78 is 5.49. The Labute approximate surface area is 126 Å². The van der Waals surface area contributed by atoms with Crippen LogP contribution < -0.4 is 10.2 Å². The highest BCUT2D eigenvalue weighted by molar-refractivity contribution is 5.44. The van der Waals surface area contributed by atoms with Crippen molar-refractivity contribution in [1.82, 2.24) is 10.3 Å². The molecule has 0 saturated heterocycles. The summed E-state index contributed by atoms with van der Waals surface area (Å²) in [6, 6.07) is 9.34.